The molecule has 1 nitrogen and oxygen atoms in total. The highest BCUT2D eigenvalue weighted by Gasteiger charge is 1.92. The van der Waals surface area contributed by atoms with Gasteiger partial charge in [0.25, 0.3) is 6.43 Å². The first kappa shape index (κ1) is 3.03. The van der Waals surface area contributed by atoms with Crippen LogP contribution >= 0.6 is 0 Å². The highest BCUT2D eigenvalue weighted by molar-refractivity contribution is 4.22. The van der Waals surface area contributed by atoms with E-state index < -0.39 is 13.0 Å². The third-order valence-corrected chi connectivity index (χ3v) is 0.113. The molecule has 5 heavy (non-hydrogen) atoms. The summed E-state index contributed by atoms with van der Waals surface area (Å²) in [5, 5.41) is 7.55. The first-order valence-corrected chi connectivity index (χ1v) is 1.03. The minimum absolute atomic E-state index is 2.23. The molecule has 32 valence electrons. The topological polar surface area (TPSA) is 20.2 Å². The largest absolute Gasteiger partial charge is 0.390 e. The van der Waals surface area contributed by atoms with Crippen LogP contribution in [0.15, 0.2) is 0 Å². The monoisotopic (exact) mass is 83.0 g/mol. The van der Waals surface area contributed by atoms with Gasteiger partial charge in [-0.05, 0) is 0 Å². The van der Waals surface area contributed by atoms with Gasteiger partial charge in [0, 0.05) is 0 Å². The SMILES string of the molecule is [2H]C(O)C(F)F. The van der Waals surface area contributed by atoms with Crippen LogP contribution in [0.4, 0.5) is 8.78 Å². The Hall–Kier alpha value is -0.180. The average molecular weight is 83.1 g/mol. The highest BCUT2D eigenvalue weighted by atomic mass is 19.3. The Balaban J connectivity index is 2.99. The maximum Gasteiger partial charge on any atom is 0.261 e. The summed E-state index contributed by atoms with van der Waals surface area (Å²) in [6.07, 6.45) is -2.93. The van der Waals surface area contributed by atoms with Gasteiger partial charge in [-0.25, -0.2) is 8.78 Å². The molecule has 0 radical (unpaired) electrons. The third-order valence-electron chi connectivity index (χ3n) is 0.113. The molecule has 0 aromatic rings. The van der Waals surface area contributed by atoms with Gasteiger partial charge in [-0.3, -0.25) is 0 Å². The van der Waals surface area contributed by atoms with Crippen molar-refractivity contribution in [3.8, 4) is 0 Å². The van der Waals surface area contributed by atoms with Crippen molar-refractivity contribution in [2.45, 2.75) is 6.43 Å². The van der Waals surface area contributed by atoms with E-state index in [1.807, 2.05) is 0 Å². The van der Waals surface area contributed by atoms with Crippen LogP contribution in [-0.4, -0.2) is 18.1 Å². The van der Waals surface area contributed by atoms with Gasteiger partial charge in [0.1, 0.15) is 6.58 Å². The standard InChI is InChI=1S/C2H4F2O/c3-2(4)1-5/h2,5H,1H2/i1D. The summed E-state index contributed by atoms with van der Waals surface area (Å²) < 4.78 is 27.3. The molecule has 1 N–H and O–H groups in total. The highest BCUT2D eigenvalue weighted by Crippen LogP contribution is 1.84. The second-order valence-corrected chi connectivity index (χ2v) is 0.484. The van der Waals surface area contributed by atoms with Gasteiger partial charge >= 0.3 is 0 Å². The van der Waals surface area contributed by atoms with Gasteiger partial charge in [0.05, 0.1) is 1.37 Å². The Morgan fingerprint density at radius 1 is 2.00 bits per heavy atom. The molecule has 0 spiro atoms. The second kappa shape index (κ2) is 2.08. The number of hydrogen-bond donors (Lipinski definition) is 1. The molecule has 0 saturated carbocycles. The molecule has 0 bridgehead atoms. The summed E-state index contributed by atoms with van der Waals surface area (Å²) in [5.41, 5.74) is 0. The fraction of sp³-hybridized carbons (Fsp3) is 1.00. The summed E-state index contributed by atoms with van der Waals surface area (Å²) in [6.45, 7) is -2.23. The van der Waals surface area contributed by atoms with Gasteiger partial charge in [0.15, 0.2) is 0 Å². The minimum Gasteiger partial charge on any atom is -0.390 e. The Morgan fingerprint density at radius 3 is 2.20 bits per heavy atom. The van der Waals surface area contributed by atoms with E-state index in [0.717, 1.165) is 0 Å². The quantitative estimate of drug-likeness (QED) is 0.481. The predicted molar refractivity (Wildman–Crippen MR) is 13.1 cm³/mol. The molecular formula is C2H4F2O. The first-order valence-electron chi connectivity index (χ1n) is 1.61. The van der Waals surface area contributed by atoms with Gasteiger partial charge in [-0.2, -0.15) is 0 Å². The van der Waals surface area contributed by atoms with Crippen molar-refractivity contribution in [2.24, 2.45) is 0 Å². The molecule has 0 aromatic carbocycles. The van der Waals surface area contributed by atoms with Crippen LogP contribution in [0.2, 0.25) is 0 Å². The molecule has 0 aliphatic heterocycles. The molecule has 0 aromatic heterocycles. The van der Waals surface area contributed by atoms with E-state index in [1.54, 1.807) is 0 Å². The van der Waals surface area contributed by atoms with E-state index >= 15 is 0 Å². The van der Waals surface area contributed by atoms with Crippen molar-refractivity contribution in [2.75, 3.05) is 6.58 Å². The van der Waals surface area contributed by atoms with Crippen molar-refractivity contribution in [3.63, 3.8) is 0 Å². The number of aliphatic hydroxyl groups excluding tert-OH is 1. The maximum absolute atomic E-state index is 10.7. The lowest BCUT2D eigenvalue weighted by molar-refractivity contribution is 0.0700. The molecule has 0 fully saturated rings. The van der Waals surface area contributed by atoms with E-state index in [0.29, 0.717) is 0 Å². The first-order chi connectivity index (χ1) is 2.64. The van der Waals surface area contributed by atoms with Crippen molar-refractivity contribution in [1.29, 1.82) is 0 Å². The fourth-order valence-corrected chi connectivity index (χ4v) is 0. The predicted octanol–water partition coefficient (Wildman–Crippen LogP) is 0.244. The zero-order chi connectivity index (χ0) is 5.15. The lowest BCUT2D eigenvalue weighted by atomic mass is 10.8. The van der Waals surface area contributed by atoms with E-state index in [4.69, 9.17) is 6.48 Å². The zero-order valence-corrected chi connectivity index (χ0v) is 2.36. The van der Waals surface area contributed by atoms with Crippen molar-refractivity contribution in [1.82, 2.24) is 0 Å². The lowest BCUT2D eigenvalue weighted by Gasteiger charge is -1.81. The molecular weight excluding hydrogens is 78.0 g/mol. The summed E-state index contributed by atoms with van der Waals surface area (Å²) >= 11 is 0. The van der Waals surface area contributed by atoms with Crippen LogP contribution in [0.3, 0.4) is 0 Å². The zero-order valence-electron chi connectivity index (χ0n) is 3.36. The van der Waals surface area contributed by atoms with Crippen LogP contribution in [0.5, 0.6) is 0 Å². The van der Waals surface area contributed by atoms with Crippen LogP contribution in [0.25, 0.3) is 0 Å². The number of alkyl halides is 2. The van der Waals surface area contributed by atoms with E-state index in [1.165, 1.54) is 0 Å². The van der Waals surface area contributed by atoms with Gasteiger partial charge in [0.2, 0.25) is 0 Å². The summed E-state index contributed by atoms with van der Waals surface area (Å²) in [4.78, 5) is 0. The maximum atomic E-state index is 10.7. The van der Waals surface area contributed by atoms with Crippen LogP contribution in [0, 0.1) is 0 Å². The molecule has 1 atom stereocenters. The van der Waals surface area contributed by atoms with Crippen molar-refractivity contribution >= 4 is 0 Å². The Labute approximate surface area is 29.6 Å². The van der Waals surface area contributed by atoms with E-state index in [-0.39, 0.29) is 0 Å². The van der Waals surface area contributed by atoms with Crippen LogP contribution < -0.4 is 0 Å². The third kappa shape index (κ3) is 3.82. The molecule has 0 aliphatic carbocycles. The van der Waals surface area contributed by atoms with Crippen molar-refractivity contribution in [3.05, 3.63) is 0 Å². The fourth-order valence-electron chi connectivity index (χ4n) is 0. The minimum atomic E-state index is -2.93. The van der Waals surface area contributed by atoms with E-state index in [2.05, 4.69) is 0 Å². The summed E-state index contributed by atoms with van der Waals surface area (Å²) in [7, 11) is 0. The lowest BCUT2D eigenvalue weighted by Crippen LogP contribution is -1.94. The Morgan fingerprint density at radius 2 is 2.20 bits per heavy atom. The van der Waals surface area contributed by atoms with Gasteiger partial charge in [-0.15, -0.1) is 0 Å². The van der Waals surface area contributed by atoms with Crippen LogP contribution in [0.1, 0.15) is 1.37 Å². The smallest absolute Gasteiger partial charge is 0.261 e. The Kier molecular flexibility index (Phi) is 1.26. The molecule has 0 amide bonds. The molecule has 0 heterocycles. The number of aliphatic hydroxyl groups is 1. The normalized spacial score (nSPS) is 18.8. The van der Waals surface area contributed by atoms with Gasteiger partial charge in [-0.1, -0.05) is 0 Å². The number of rotatable bonds is 1. The molecule has 0 rings (SSSR count). The Bertz CT molecular complexity index is 32.5. The van der Waals surface area contributed by atoms with E-state index in [9.17, 15) is 8.78 Å². The number of hydrogen-bond acceptors (Lipinski definition) is 1. The molecule has 1 unspecified atom stereocenters. The molecule has 0 saturated heterocycles. The molecule has 0 aliphatic rings. The van der Waals surface area contributed by atoms with Gasteiger partial charge < -0.3 is 5.11 Å². The second-order valence-electron chi connectivity index (χ2n) is 0.484. The van der Waals surface area contributed by atoms with Crippen LogP contribution in [-0.2, 0) is 0 Å². The van der Waals surface area contributed by atoms with Crippen molar-refractivity contribution < 1.29 is 15.3 Å². The average Bonchev–Trinajstić information content (AvgIpc) is 1.36. The number of halogens is 2. The molecule has 3 heteroatoms. The summed E-state index contributed by atoms with van der Waals surface area (Å²) in [6, 6.07) is 0. The summed E-state index contributed by atoms with van der Waals surface area (Å²) in [5.74, 6) is 0.